The summed E-state index contributed by atoms with van der Waals surface area (Å²) in [6.07, 6.45) is 2.93. The van der Waals surface area contributed by atoms with Crippen LogP contribution in [0.4, 0.5) is 0 Å². The number of allylic oxidation sites excluding steroid dienone is 1. The predicted octanol–water partition coefficient (Wildman–Crippen LogP) is 4.26. The minimum absolute atomic E-state index is 0.0935. The van der Waals surface area contributed by atoms with Gasteiger partial charge in [0, 0.05) is 25.2 Å². The third-order valence-corrected chi connectivity index (χ3v) is 4.21. The summed E-state index contributed by atoms with van der Waals surface area (Å²) in [5.74, 6) is -1.66. The van der Waals surface area contributed by atoms with Crippen LogP contribution >= 0.6 is 0 Å². The topological polar surface area (TPSA) is 76.5 Å². The van der Waals surface area contributed by atoms with Crippen molar-refractivity contribution in [3.63, 3.8) is 0 Å². The summed E-state index contributed by atoms with van der Waals surface area (Å²) in [6.45, 7) is 6.00. The highest BCUT2D eigenvalue weighted by Crippen LogP contribution is 2.20. The minimum Gasteiger partial charge on any atom is -0.455 e. The maximum Gasteiger partial charge on any atom is 0.375 e. The smallest absolute Gasteiger partial charge is 0.375 e. The van der Waals surface area contributed by atoms with Gasteiger partial charge in [-0.2, -0.15) is 0 Å². The van der Waals surface area contributed by atoms with E-state index in [1.54, 1.807) is 7.11 Å². The number of carbonyl (C=O) groups is 2. The van der Waals surface area contributed by atoms with Gasteiger partial charge in [-0.05, 0) is 30.4 Å². The van der Waals surface area contributed by atoms with Gasteiger partial charge in [0.1, 0.15) is 6.61 Å². The third-order valence-electron chi connectivity index (χ3n) is 4.21. The number of hydrogen-bond acceptors (Lipinski definition) is 5. The molecular formula is C22H29NO4. The molecule has 1 N–H and O–H groups in total. The average Bonchev–Trinajstić information content (AvgIpc) is 2.68. The average molecular weight is 371 g/mol. The summed E-state index contributed by atoms with van der Waals surface area (Å²) in [6, 6.07) is 9.28. The van der Waals surface area contributed by atoms with Crippen LogP contribution in [0.3, 0.4) is 0 Å². The number of nitrogens with one attached hydrogen (secondary N) is 1. The Labute approximate surface area is 161 Å². The second-order valence-electron chi connectivity index (χ2n) is 6.44. The molecule has 0 aliphatic heterocycles. The molecule has 0 saturated carbocycles. The van der Waals surface area contributed by atoms with Crippen LogP contribution in [0, 0.1) is 11.3 Å². The molecule has 0 radical (unpaired) electrons. The molecule has 0 saturated heterocycles. The third kappa shape index (κ3) is 8.63. The fourth-order valence-electron chi connectivity index (χ4n) is 2.79. The molecule has 1 aromatic carbocycles. The van der Waals surface area contributed by atoms with Gasteiger partial charge in [0.25, 0.3) is 0 Å². The van der Waals surface area contributed by atoms with Crippen LogP contribution in [-0.4, -0.2) is 31.2 Å². The molecule has 27 heavy (non-hydrogen) atoms. The van der Waals surface area contributed by atoms with E-state index in [0.717, 1.165) is 17.6 Å². The van der Waals surface area contributed by atoms with E-state index in [9.17, 15) is 9.59 Å². The molecular weight excluding hydrogens is 342 g/mol. The van der Waals surface area contributed by atoms with Crippen molar-refractivity contribution in [1.82, 2.24) is 0 Å². The van der Waals surface area contributed by atoms with Crippen molar-refractivity contribution in [2.75, 3.05) is 13.7 Å². The largest absolute Gasteiger partial charge is 0.455 e. The van der Waals surface area contributed by atoms with E-state index in [-0.39, 0.29) is 13.2 Å². The van der Waals surface area contributed by atoms with E-state index in [1.807, 2.05) is 37.3 Å². The summed E-state index contributed by atoms with van der Waals surface area (Å²) in [4.78, 5) is 24.7. The molecule has 146 valence electrons. The number of ether oxygens (including phenoxy) is 2. The zero-order chi connectivity index (χ0) is 20.1. The summed E-state index contributed by atoms with van der Waals surface area (Å²) >= 11 is 0. The summed E-state index contributed by atoms with van der Waals surface area (Å²) in [5, 5.41) is 7.82. The van der Waals surface area contributed by atoms with Crippen LogP contribution in [0.25, 0.3) is 0 Å². The quantitative estimate of drug-likeness (QED) is 0.243. The molecule has 0 spiro atoms. The Morgan fingerprint density at radius 1 is 1.22 bits per heavy atom. The number of carbonyl (C=O) groups excluding carboxylic acids is 2. The fraction of sp³-hybridized carbons (Fsp3) is 0.455. The summed E-state index contributed by atoms with van der Waals surface area (Å²) in [5.41, 5.74) is 4.98. The number of esters is 1. The van der Waals surface area contributed by atoms with Crippen molar-refractivity contribution >= 4 is 17.5 Å². The molecule has 0 bridgehead atoms. The molecule has 1 aromatic rings. The Bertz CT molecular complexity index is 675. The molecule has 5 heteroatoms. The number of ketones is 1. The van der Waals surface area contributed by atoms with E-state index in [4.69, 9.17) is 14.9 Å². The van der Waals surface area contributed by atoms with Gasteiger partial charge in [0.05, 0.1) is 6.61 Å². The predicted molar refractivity (Wildman–Crippen MR) is 106 cm³/mol. The first-order valence-electron chi connectivity index (χ1n) is 9.19. The van der Waals surface area contributed by atoms with Gasteiger partial charge < -0.3 is 14.9 Å². The van der Waals surface area contributed by atoms with Gasteiger partial charge in [-0.3, -0.25) is 4.79 Å². The lowest BCUT2D eigenvalue weighted by Gasteiger charge is -2.15. The van der Waals surface area contributed by atoms with Crippen molar-refractivity contribution in [1.29, 1.82) is 5.41 Å². The molecule has 0 aliphatic rings. The second kappa shape index (κ2) is 12.8. The van der Waals surface area contributed by atoms with Gasteiger partial charge in [-0.25, -0.2) is 4.79 Å². The lowest BCUT2D eigenvalue weighted by Crippen LogP contribution is -2.26. The Morgan fingerprint density at radius 3 is 2.52 bits per heavy atom. The van der Waals surface area contributed by atoms with Crippen molar-refractivity contribution in [2.24, 2.45) is 5.92 Å². The van der Waals surface area contributed by atoms with Crippen molar-refractivity contribution in [3.05, 3.63) is 53.8 Å². The molecule has 0 heterocycles. The first kappa shape index (κ1) is 22.6. The molecule has 1 atom stereocenters. The zero-order valence-corrected chi connectivity index (χ0v) is 16.3. The monoisotopic (exact) mass is 371 g/mol. The fourth-order valence-corrected chi connectivity index (χ4v) is 2.79. The molecule has 1 rings (SSSR count). The Balaban J connectivity index is 2.59. The van der Waals surface area contributed by atoms with Crippen LogP contribution in [-0.2, 0) is 25.7 Å². The van der Waals surface area contributed by atoms with Gasteiger partial charge in [0.15, 0.2) is 0 Å². The van der Waals surface area contributed by atoms with Crippen LogP contribution in [0.15, 0.2) is 48.2 Å². The van der Waals surface area contributed by atoms with Crippen molar-refractivity contribution in [3.8, 4) is 0 Å². The summed E-state index contributed by atoms with van der Waals surface area (Å²) < 4.78 is 10.1. The first-order chi connectivity index (χ1) is 13.0. The van der Waals surface area contributed by atoms with Crippen molar-refractivity contribution in [2.45, 2.75) is 45.6 Å². The van der Waals surface area contributed by atoms with Gasteiger partial charge in [-0.1, -0.05) is 50.3 Å². The highest BCUT2D eigenvalue weighted by atomic mass is 16.5. The van der Waals surface area contributed by atoms with Gasteiger partial charge >= 0.3 is 5.97 Å². The SMILES string of the molecule is C=C=C(CCC(CCC)C(=O)C(=O)OCc1ccccc1)CC(=N)COC. The molecule has 0 fully saturated rings. The molecule has 0 aliphatic carbocycles. The van der Waals surface area contributed by atoms with E-state index >= 15 is 0 Å². The lowest BCUT2D eigenvalue weighted by atomic mass is 9.90. The van der Waals surface area contributed by atoms with E-state index < -0.39 is 17.7 Å². The normalized spacial score (nSPS) is 11.3. The van der Waals surface area contributed by atoms with Crippen LogP contribution in [0.1, 0.15) is 44.6 Å². The number of hydrogen-bond donors (Lipinski definition) is 1. The minimum atomic E-state index is -0.784. The van der Waals surface area contributed by atoms with Gasteiger partial charge in [-0.15, -0.1) is 5.73 Å². The van der Waals surface area contributed by atoms with Crippen LogP contribution < -0.4 is 0 Å². The van der Waals surface area contributed by atoms with E-state index in [0.29, 0.717) is 31.4 Å². The first-order valence-corrected chi connectivity index (χ1v) is 9.19. The molecule has 1 unspecified atom stereocenters. The lowest BCUT2D eigenvalue weighted by molar-refractivity contribution is -0.156. The Hall–Kier alpha value is -2.49. The van der Waals surface area contributed by atoms with Crippen molar-refractivity contribution < 1.29 is 19.1 Å². The molecule has 0 amide bonds. The Morgan fingerprint density at radius 2 is 1.93 bits per heavy atom. The van der Waals surface area contributed by atoms with E-state index in [1.165, 1.54) is 0 Å². The zero-order valence-electron chi connectivity index (χ0n) is 16.3. The molecule has 0 aromatic heterocycles. The standard InChI is InChI=1S/C22H29NO4/c1-4-9-19(13-12-17(5-2)14-20(23)16-26-3)21(24)22(25)27-15-18-10-7-6-8-11-18/h6-8,10-11,19,23H,2,4,9,12-16H2,1,3H3. The van der Waals surface area contributed by atoms with Crippen LogP contribution in [0.5, 0.6) is 0 Å². The number of rotatable bonds is 13. The number of benzene rings is 1. The highest BCUT2D eigenvalue weighted by molar-refractivity contribution is 6.34. The Kier molecular flexibility index (Phi) is 10.7. The maximum absolute atomic E-state index is 12.5. The highest BCUT2D eigenvalue weighted by Gasteiger charge is 2.26. The molecule has 5 nitrogen and oxygen atoms in total. The second-order valence-corrected chi connectivity index (χ2v) is 6.44. The van der Waals surface area contributed by atoms with Crippen LogP contribution in [0.2, 0.25) is 0 Å². The maximum atomic E-state index is 12.5. The van der Waals surface area contributed by atoms with E-state index in [2.05, 4.69) is 12.3 Å². The number of methoxy groups -OCH3 is 1. The van der Waals surface area contributed by atoms with Gasteiger partial charge in [0.2, 0.25) is 5.78 Å². The number of Topliss-reactive ketones (excluding diaryl/α,β-unsaturated/α-hetero) is 1. The summed E-state index contributed by atoms with van der Waals surface area (Å²) in [7, 11) is 1.54.